The van der Waals surface area contributed by atoms with Gasteiger partial charge in [-0.3, -0.25) is 9.59 Å². The first-order chi connectivity index (χ1) is 17.1. The van der Waals surface area contributed by atoms with Crippen LogP contribution in [0.4, 0.5) is 0 Å². The van der Waals surface area contributed by atoms with Gasteiger partial charge in [0.25, 0.3) is 0 Å². The molecule has 0 aromatic heterocycles. The lowest BCUT2D eigenvalue weighted by Crippen LogP contribution is -2.43. The summed E-state index contributed by atoms with van der Waals surface area (Å²) in [4.78, 5) is 23.1. The van der Waals surface area contributed by atoms with Crippen molar-refractivity contribution >= 4 is 11.9 Å². The summed E-state index contributed by atoms with van der Waals surface area (Å²) in [5.74, 6) is -0.253. The highest BCUT2D eigenvalue weighted by Gasteiger charge is 2.24. The molecule has 214 valence electrons. The van der Waals surface area contributed by atoms with Gasteiger partial charge in [0, 0.05) is 6.42 Å². The Bertz CT molecular complexity index is 529. The van der Waals surface area contributed by atoms with E-state index in [0.29, 0.717) is 17.4 Å². The second-order valence-corrected chi connectivity index (χ2v) is 12.3. The van der Waals surface area contributed by atoms with Crippen LogP contribution in [0.25, 0.3) is 0 Å². The topological polar surface area (TPSA) is 63.6 Å². The number of carbonyl (C=O) groups is 2. The van der Waals surface area contributed by atoms with E-state index in [2.05, 4.69) is 13.8 Å². The van der Waals surface area contributed by atoms with Crippen molar-refractivity contribution in [3.63, 3.8) is 0 Å². The maximum atomic E-state index is 12.1. The molecule has 5 heteroatoms. The van der Waals surface area contributed by atoms with Crippen LogP contribution < -0.4 is 0 Å². The van der Waals surface area contributed by atoms with Crippen molar-refractivity contribution in [2.45, 2.75) is 155 Å². The Labute approximate surface area is 224 Å². The van der Waals surface area contributed by atoms with E-state index in [-0.39, 0.29) is 12.4 Å². The number of carbonyl (C=O) groups excluding carboxylic acids is 1. The van der Waals surface area contributed by atoms with Crippen molar-refractivity contribution in [3.05, 3.63) is 0 Å². The fraction of sp³-hybridized carbons (Fsp3) is 0.935. The lowest BCUT2D eigenvalue weighted by Gasteiger charge is -2.28. The van der Waals surface area contributed by atoms with Crippen molar-refractivity contribution < 1.29 is 23.9 Å². The molecule has 0 radical (unpaired) electrons. The molecule has 0 saturated heterocycles. The van der Waals surface area contributed by atoms with Gasteiger partial charge in [-0.15, -0.1) is 0 Å². The fourth-order valence-corrected chi connectivity index (χ4v) is 5.07. The Morgan fingerprint density at radius 2 is 1.11 bits per heavy atom. The predicted molar refractivity (Wildman–Crippen MR) is 152 cm³/mol. The van der Waals surface area contributed by atoms with Crippen LogP contribution in [0.1, 0.15) is 149 Å². The first-order valence-corrected chi connectivity index (χ1v) is 15.4. The van der Waals surface area contributed by atoms with Crippen molar-refractivity contribution in [3.8, 4) is 0 Å². The van der Waals surface area contributed by atoms with Crippen LogP contribution >= 0.6 is 0 Å². The Morgan fingerprint density at radius 1 is 0.694 bits per heavy atom. The lowest BCUT2D eigenvalue weighted by molar-refractivity contribution is -0.873. The number of esters is 1. The molecule has 2 atom stereocenters. The van der Waals surface area contributed by atoms with Crippen LogP contribution in [0.15, 0.2) is 0 Å². The summed E-state index contributed by atoms with van der Waals surface area (Å²) in [5, 5.41) is 9.05. The summed E-state index contributed by atoms with van der Waals surface area (Å²) < 4.78 is 6.02. The van der Waals surface area contributed by atoms with Gasteiger partial charge >= 0.3 is 11.9 Å². The number of rotatable bonds is 26. The molecule has 0 aromatic carbocycles. The second-order valence-electron chi connectivity index (χ2n) is 12.3. The molecule has 0 amide bonds. The summed E-state index contributed by atoms with van der Waals surface area (Å²) in [6.07, 6.45) is 24.9. The van der Waals surface area contributed by atoms with Crippen LogP contribution in [0.2, 0.25) is 0 Å². The maximum Gasteiger partial charge on any atom is 0.307 e. The number of hydrogen-bond acceptors (Lipinski definition) is 3. The number of aliphatic carboxylic acids is 1. The number of unbranched alkanes of at least 4 members (excludes halogenated alkanes) is 15. The summed E-state index contributed by atoms with van der Waals surface area (Å²) in [5.41, 5.74) is 0. The van der Waals surface area contributed by atoms with Crippen LogP contribution in [0.5, 0.6) is 0 Å². The van der Waals surface area contributed by atoms with E-state index >= 15 is 0 Å². The zero-order valence-electron chi connectivity index (χ0n) is 24.8. The molecular formula is C31H62NO4+. The highest BCUT2D eigenvalue weighted by Crippen LogP contribution is 2.17. The molecular weight excluding hydrogens is 450 g/mol. The Morgan fingerprint density at radius 3 is 1.50 bits per heavy atom. The smallest absolute Gasteiger partial charge is 0.307 e. The van der Waals surface area contributed by atoms with Gasteiger partial charge in [0.1, 0.15) is 6.54 Å². The van der Waals surface area contributed by atoms with Gasteiger partial charge in [0.15, 0.2) is 6.10 Å². The lowest BCUT2D eigenvalue weighted by atomic mass is 9.98. The second kappa shape index (κ2) is 23.0. The van der Waals surface area contributed by atoms with E-state index in [1.54, 1.807) is 0 Å². The SMILES string of the molecule is CCCC(C)CCCCCCCCCCCCCCCCCCC(=O)OC(CC(=O)O)C[N+](C)(C)C. The first-order valence-electron chi connectivity index (χ1n) is 15.4. The molecule has 1 N–H and O–H groups in total. The molecule has 0 aliphatic rings. The summed E-state index contributed by atoms with van der Waals surface area (Å²) in [6, 6.07) is 0. The number of nitrogens with zero attached hydrogens (tertiary/aromatic N) is 1. The standard InChI is InChI=1S/C31H61NO4/c1-6-23-28(2)24-21-19-17-15-13-11-9-7-8-10-12-14-16-18-20-22-25-31(35)36-29(26-30(33)34)27-32(3,4)5/h28-29H,6-27H2,1-5H3/p+1. The minimum Gasteiger partial charge on any atom is -0.481 e. The van der Waals surface area contributed by atoms with Gasteiger partial charge in [-0.1, -0.05) is 129 Å². The molecule has 0 fully saturated rings. The predicted octanol–water partition coefficient (Wildman–Crippen LogP) is 8.54. The molecule has 0 saturated carbocycles. The number of carboxylic acid groups (broad SMARTS) is 1. The third-order valence-corrected chi connectivity index (χ3v) is 7.06. The molecule has 5 nitrogen and oxygen atoms in total. The average molecular weight is 513 g/mol. The minimum absolute atomic E-state index is 0.125. The zero-order chi connectivity index (χ0) is 27.1. The quantitative estimate of drug-likeness (QED) is 0.0716. The molecule has 0 spiro atoms. The molecule has 0 rings (SSSR count). The highest BCUT2D eigenvalue weighted by molar-refractivity contribution is 5.71. The molecule has 0 heterocycles. The molecule has 0 aliphatic carbocycles. The van der Waals surface area contributed by atoms with E-state index in [0.717, 1.165) is 18.8 Å². The van der Waals surface area contributed by atoms with E-state index in [1.807, 2.05) is 21.1 Å². The van der Waals surface area contributed by atoms with Gasteiger partial charge in [-0.2, -0.15) is 0 Å². The van der Waals surface area contributed by atoms with Gasteiger partial charge < -0.3 is 14.3 Å². The molecule has 0 aliphatic heterocycles. The van der Waals surface area contributed by atoms with Gasteiger partial charge in [0.05, 0.1) is 27.6 Å². The normalized spacial score (nSPS) is 13.5. The first kappa shape index (κ1) is 34.9. The number of ether oxygens (including phenoxy) is 1. The van der Waals surface area contributed by atoms with Crippen LogP contribution in [0.3, 0.4) is 0 Å². The van der Waals surface area contributed by atoms with Crippen molar-refractivity contribution in [1.82, 2.24) is 0 Å². The Hall–Kier alpha value is -1.10. The maximum absolute atomic E-state index is 12.1. The number of hydrogen-bond donors (Lipinski definition) is 1. The van der Waals surface area contributed by atoms with Gasteiger partial charge in [-0.25, -0.2) is 0 Å². The van der Waals surface area contributed by atoms with E-state index in [4.69, 9.17) is 9.84 Å². The minimum atomic E-state index is -0.921. The summed E-state index contributed by atoms with van der Waals surface area (Å²) in [7, 11) is 5.92. The van der Waals surface area contributed by atoms with E-state index < -0.39 is 12.1 Å². The average Bonchev–Trinajstić information content (AvgIpc) is 2.76. The van der Waals surface area contributed by atoms with Crippen molar-refractivity contribution in [2.75, 3.05) is 27.7 Å². The fourth-order valence-electron chi connectivity index (χ4n) is 5.07. The van der Waals surface area contributed by atoms with E-state index in [1.165, 1.54) is 109 Å². The summed E-state index contributed by atoms with van der Waals surface area (Å²) >= 11 is 0. The number of quaternary nitrogens is 1. The largest absolute Gasteiger partial charge is 0.481 e. The van der Waals surface area contributed by atoms with Gasteiger partial charge in [0.2, 0.25) is 0 Å². The monoisotopic (exact) mass is 512 g/mol. The number of carboxylic acids is 1. The van der Waals surface area contributed by atoms with Crippen LogP contribution in [0, 0.1) is 5.92 Å². The third kappa shape index (κ3) is 26.0. The van der Waals surface area contributed by atoms with Gasteiger partial charge in [-0.05, 0) is 12.3 Å². The zero-order valence-corrected chi connectivity index (χ0v) is 24.8. The number of likely N-dealkylation sites (N-methyl/N-ethyl adjacent to an activating group) is 1. The Balaban J connectivity index is 3.45. The Kier molecular flexibility index (Phi) is 22.3. The van der Waals surface area contributed by atoms with Crippen molar-refractivity contribution in [2.24, 2.45) is 5.92 Å². The summed E-state index contributed by atoms with van der Waals surface area (Å²) in [6.45, 7) is 5.21. The molecule has 36 heavy (non-hydrogen) atoms. The van der Waals surface area contributed by atoms with Crippen LogP contribution in [-0.2, 0) is 14.3 Å². The van der Waals surface area contributed by atoms with E-state index in [9.17, 15) is 9.59 Å². The van der Waals surface area contributed by atoms with Crippen molar-refractivity contribution in [1.29, 1.82) is 0 Å². The molecule has 2 unspecified atom stereocenters. The molecule has 0 bridgehead atoms. The van der Waals surface area contributed by atoms with Crippen LogP contribution in [-0.4, -0.2) is 55.3 Å². The highest BCUT2D eigenvalue weighted by atomic mass is 16.5. The molecule has 0 aromatic rings. The third-order valence-electron chi connectivity index (χ3n) is 7.06.